The Labute approximate surface area is 111 Å². The maximum Gasteiger partial charge on any atom is 0.0233 e. The molecule has 0 aliphatic carbocycles. The van der Waals surface area contributed by atoms with E-state index in [4.69, 9.17) is 0 Å². The van der Waals surface area contributed by atoms with Crippen LogP contribution in [0.1, 0.15) is 32.8 Å². The molecule has 1 aliphatic rings. The molecule has 2 rings (SSSR count). The summed E-state index contributed by atoms with van der Waals surface area (Å²) in [5, 5.41) is 3.69. The first-order chi connectivity index (χ1) is 8.65. The van der Waals surface area contributed by atoms with Crippen LogP contribution in [-0.4, -0.2) is 30.1 Å². The fraction of sp³-hybridized carbons (Fsp3) is 0.625. The Bertz CT molecular complexity index is 347. The van der Waals surface area contributed by atoms with Gasteiger partial charge >= 0.3 is 0 Å². The van der Waals surface area contributed by atoms with Gasteiger partial charge in [-0.15, -0.1) is 0 Å². The number of likely N-dealkylation sites (tertiary alicyclic amines) is 1. The predicted octanol–water partition coefficient (Wildman–Crippen LogP) is 2.90. The maximum atomic E-state index is 3.69. The van der Waals surface area contributed by atoms with E-state index in [2.05, 4.69) is 61.3 Å². The van der Waals surface area contributed by atoms with Crippen molar-refractivity contribution in [2.24, 2.45) is 5.92 Å². The van der Waals surface area contributed by atoms with E-state index in [0.29, 0.717) is 12.1 Å². The molecule has 1 heterocycles. The van der Waals surface area contributed by atoms with Crippen molar-refractivity contribution in [1.82, 2.24) is 10.2 Å². The minimum atomic E-state index is 0.595. The maximum absolute atomic E-state index is 3.69. The second-order valence-corrected chi connectivity index (χ2v) is 5.91. The molecular weight excluding hydrogens is 220 g/mol. The quantitative estimate of drug-likeness (QED) is 0.879. The Hall–Kier alpha value is -0.860. The SMILES string of the molecule is CC(C)N[C@H]1CCN(Cc2ccccc2)C[C@H]1C. The highest BCUT2D eigenvalue weighted by Crippen LogP contribution is 2.19. The van der Waals surface area contributed by atoms with Crippen molar-refractivity contribution in [3.8, 4) is 0 Å². The zero-order valence-electron chi connectivity index (χ0n) is 11.9. The number of hydrogen-bond donors (Lipinski definition) is 1. The van der Waals surface area contributed by atoms with Crippen molar-refractivity contribution in [2.75, 3.05) is 13.1 Å². The first kappa shape index (κ1) is 13.6. The molecule has 0 radical (unpaired) electrons. The predicted molar refractivity (Wildman–Crippen MR) is 77.6 cm³/mol. The van der Waals surface area contributed by atoms with Gasteiger partial charge < -0.3 is 5.32 Å². The molecule has 18 heavy (non-hydrogen) atoms. The average Bonchev–Trinajstić information content (AvgIpc) is 2.33. The summed E-state index contributed by atoms with van der Waals surface area (Å²) in [6, 6.07) is 12.1. The molecular formula is C16H26N2. The van der Waals surface area contributed by atoms with Crippen LogP contribution in [0, 0.1) is 5.92 Å². The van der Waals surface area contributed by atoms with E-state index in [1.54, 1.807) is 0 Å². The second-order valence-electron chi connectivity index (χ2n) is 5.91. The largest absolute Gasteiger partial charge is 0.311 e. The zero-order chi connectivity index (χ0) is 13.0. The molecule has 1 aromatic rings. The number of hydrogen-bond acceptors (Lipinski definition) is 2. The summed E-state index contributed by atoms with van der Waals surface area (Å²) in [6.45, 7) is 10.4. The van der Waals surface area contributed by atoms with Crippen molar-refractivity contribution < 1.29 is 0 Å². The monoisotopic (exact) mass is 246 g/mol. The first-order valence-corrected chi connectivity index (χ1v) is 7.17. The molecule has 0 saturated carbocycles. The molecule has 0 spiro atoms. The van der Waals surface area contributed by atoms with E-state index in [-0.39, 0.29) is 0 Å². The summed E-state index contributed by atoms with van der Waals surface area (Å²) in [5.74, 6) is 0.741. The van der Waals surface area contributed by atoms with E-state index in [9.17, 15) is 0 Å². The third-order valence-corrected chi connectivity index (χ3v) is 3.79. The third-order valence-electron chi connectivity index (χ3n) is 3.79. The van der Waals surface area contributed by atoms with Crippen molar-refractivity contribution in [3.05, 3.63) is 35.9 Å². The Morgan fingerprint density at radius 2 is 2.00 bits per heavy atom. The van der Waals surface area contributed by atoms with Crippen molar-refractivity contribution in [2.45, 2.75) is 45.8 Å². The number of benzene rings is 1. The normalized spacial score (nSPS) is 25.6. The van der Waals surface area contributed by atoms with Crippen LogP contribution in [0.4, 0.5) is 0 Å². The third kappa shape index (κ3) is 3.82. The standard InChI is InChI=1S/C16H26N2/c1-13(2)17-16-9-10-18(11-14(16)3)12-15-7-5-4-6-8-15/h4-8,13-14,16-17H,9-12H2,1-3H3/t14-,16+/m1/s1. The van der Waals surface area contributed by atoms with Crippen LogP contribution in [0.2, 0.25) is 0 Å². The molecule has 0 bridgehead atoms. The minimum absolute atomic E-state index is 0.595. The molecule has 100 valence electrons. The van der Waals surface area contributed by atoms with Crippen LogP contribution in [0.25, 0.3) is 0 Å². The lowest BCUT2D eigenvalue weighted by Crippen LogP contribution is -2.49. The van der Waals surface area contributed by atoms with Crippen LogP contribution < -0.4 is 5.32 Å². The fourth-order valence-corrected chi connectivity index (χ4v) is 2.89. The van der Waals surface area contributed by atoms with E-state index >= 15 is 0 Å². The van der Waals surface area contributed by atoms with Gasteiger partial charge in [-0.3, -0.25) is 4.90 Å². The minimum Gasteiger partial charge on any atom is -0.311 e. The Balaban J connectivity index is 1.85. The van der Waals surface area contributed by atoms with Gasteiger partial charge in [0, 0.05) is 25.2 Å². The van der Waals surface area contributed by atoms with Gasteiger partial charge in [-0.1, -0.05) is 51.1 Å². The number of nitrogens with one attached hydrogen (secondary N) is 1. The van der Waals surface area contributed by atoms with Crippen LogP contribution in [-0.2, 0) is 6.54 Å². The van der Waals surface area contributed by atoms with Gasteiger partial charge in [0.1, 0.15) is 0 Å². The molecule has 0 aromatic heterocycles. The van der Waals surface area contributed by atoms with Gasteiger partial charge in [-0.2, -0.15) is 0 Å². The van der Waals surface area contributed by atoms with Crippen LogP contribution in [0.15, 0.2) is 30.3 Å². The fourth-order valence-electron chi connectivity index (χ4n) is 2.89. The summed E-state index contributed by atoms with van der Waals surface area (Å²) >= 11 is 0. The summed E-state index contributed by atoms with van der Waals surface area (Å²) in [6.07, 6.45) is 1.27. The van der Waals surface area contributed by atoms with Gasteiger partial charge in [0.15, 0.2) is 0 Å². The summed E-state index contributed by atoms with van der Waals surface area (Å²) in [5.41, 5.74) is 1.43. The lowest BCUT2D eigenvalue weighted by Gasteiger charge is -2.38. The van der Waals surface area contributed by atoms with Gasteiger partial charge in [-0.05, 0) is 24.4 Å². The highest BCUT2D eigenvalue weighted by atomic mass is 15.1. The highest BCUT2D eigenvalue weighted by molar-refractivity contribution is 5.14. The van der Waals surface area contributed by atoms with Crippen LogP contribution in [0.5, 0.6) is 0 Å². The Kier molecular flexibility index (Phi) is 4.79. The number of piperidine rings is 1. The van der Waals surface area contributed by atoms with Gasteiger partial charge in [0.25, 0.3) is 0 Å². The van der Waals surface area contributed by atoms with Crippen LogP contribution >= 0.6 is 0 Å². The second kappa shape index (κ2) is 6.35. The molecule has 2 atom stereocenters. The van der Waals surface area contributed by atoms with E-state index in [1.165, 1.54) is 25.1 Å². The molecule has 0 unspecified atom stereocenters. The molecule has 1 fully saturated rings. The number of nitrogens with zero attached hydrogens (tertiary/aromatic N) is 1. The molecule has 2 heteroatoms. The summed E-state index contributed by atoms with van der Waals surface area (Å²) in [7, 11) is 0. The summed E-state index contributed by atoms with van der Waals surface area (Å²) < 4.78 is 0. The van der Waals surface area contributed by atoms with Crippen LogP contribution in [0.3, 0.4) is 0 Å². The summed E-state index contributed by atoms with van der Waals surface area (Å²) in [4.78, 5) is 2.58. The lowest BCUT2D eigenvalue weighted by molar-refractivity contribution is 0.137. The lowest BCUT2D eigenvalue weighted by atomic mass is 9.93. The van der Waals surface area contributed by atoms with Gasteiger partial charge in [0.05, 0.1) is 0 Å². The molecule has 1 aliphatic heterocycles. The highest BCUT2D eigenvalue weighted by Gasteiger charge is 2.25. The zero-order valence-corrected chi connectivity index (χ0v) is 11.9. The van der Waals surface area contributed by atoms with E-state index in [0.717, 1.165) is 12.5 Å². The Morgan fingerprint density at radius 1 is 1.28 bits per heavy atom. The smallest absolute Gasteiger partial charge is 0.0233 e. The molecule has 1 N–H and O–H groups in total. The average molecular weight is 246 g/mol. The van der Waals surface area contributed by atoms with Gasteiger partial charge in [0.2, 0.25) is 0 Å². The Morgan fingerprint density at radius 3 is 2.61 bits per heavy atom. The first-order valence-electron chi connectivity index (χ1n) is 7.17. The topological polar surface area (TPSA) is 15.3 Å². The molecule has 1 saturated heterocycles. The van der Waals surface area contributed by atoms with Crippen molar-refractivity contribution in [3.63, 3.8) is 0 Å². The van der Waals surface area contributed by atoms with Gasteiger partial charge in [-0.25, -0.2) is 0 Å². The van der Waals surface area contributed by atoms with E-state index in [1.807, 2.05) is 0 Å². The molecule has 2 nitrogen and oxygen atoms in total. The van der Waals surface area contributed by atoms with Crippen molar-refractivity contribution in [1.29, 1.82) is 0 Å². The molecule has 0 amide bonds. The van der Waals surface area contributed by atoms with E-state index < -0.39 is 0 Å². The number of rotatable bonds is 4. The molecule has 1 aromatic carbocycles. The van der Waals surface area contributed by atoms with Crippen molar-refractivity contribution >= 4 is 0 Å².